The number of rotatable bonds is 7. The zero-order chi connectivity index (χ0) is 33.2. The third kappa shape index (κ3) is 7.29. The zero-order valence-electron chi connectivity index (χ0n) is 25.5. The van der Waals surface area contributed by atoms with Crippen molar-refractivity contribution in [3.8, 4) is 0 Å². The van der Waals surface area contributed by atoms with E-state index in [0.29, 0.717) is 74.0 Å². The SMILES string of the molecule is CCOC(=O)N1c2ccc(C)nc2[C@@H](Nc2ncc(N3CCOCC3)c(Cc3cc(C(F)(F)F)cc(C(F)(F)F)c3)n2)C[C@H]1CC. The Morgan fingerprint density at radius 1 is 1.00 bits per heavy atom. The highest BCUT2D eigenvalue weighted by Gasteiger charge is 2.39. The fraction of sp³-hybridized carbons (Fsp3) is 0.484. The summed E-state index contributed by atoms with van der Waals surface area (Å²) in [5, 5.41) is 3.28. The number of ether oxygens (including phenoxy) is 2. The number of alkyl halides is 6. The van der Waals surface area contributed by atoms with Gasteiger partial charge < -0.3 is 19.7 Å². The number of aromatic nitrogens is 3. The molecule has 0 saturated carbocycles. The Morgan fingerprint density at radius 2 is 1.67 bits per heavy atom. The molecule has 2 aromatic heterocycles. The lowest BCUT2D eigenvalue weighted by atomic mass is 9.93. The summed E-state index contributed by atoms with van der Waals surface area (Å²) in [5.74, 6) is 0.119. The second-order valence-electron chi connectivity index (χ2n) is 11.1. The van der Waals surface area contributed by atoms with Gasteiger partial charge in [-0.2, -0.15) is 26.3 Å². The zero-order valence-corrected chi connectivity index (χ0v) is 25.5. The first-order chi connectivity index (χ1) is 21.8. The number of benzene rings is 1. The van der Waals surface area contributed by atoms with Crippen LogP contribution in [0.5, 0.6) is 0 Å². The highest BCUT2D eigenvalue weighted by molar-refractivity contribution is 5.90. The van der Waals surface area contributed by atoms with Crippen LogP contribution in [-0.2, 0) is 28.2 Å². The molecule has 15 heteroatoms. The third-order valence-corrected chi connectivity index (χ3v) is 7.96. The highest BCUT2D eigenvalue weighted by atomic mass is 19.4. The van der Waals surface area contributed by atoms with Crippen LogP contribution in [0.25, 0.3) is 0 Å². The van der Waals surface area contributed by atoms with Crippen LogP contribution < -0.4 is 15.1 Å². The van der Waals surface area contributed by atoms with Gasteiger partial charge in [-0.05, 0) is 62.6 Å². The molecule has 0 radical (unpaired) electrons. The molecule has 0 bridgehead atoms. The average molecular weight is 653 g/mol. The van der Waals surface area contributed by atoms with Gasteiger partial charge in [0.15, 0.2) is 0 Å². The summed E-state index contributed by atoms with van der Waals surface area (Å²) in [6.45, 7) is 7.34. The van der Waals surface area contributed by atoms with Gasteiger partial charge in [-0.1, -0.05) is 6.92 Å². The van der Waals surface area contributed by atoms with Crippen LogP contribution in [0.15, 0.2) is 36.5 Å². The van der Waals surface area contributed by atoms with Gasteiger partial charge in [-0.3, -0.25) is 9.88 Å². The number of nitrogens with zero attached hydrogens (tertiary/aromatic N) is 5. The molecule has 1 saturated heterocycles. The standard InChI is InChI=1S/C31H34F6N6O3/c1-4-22-16-24(27-25(7-6-18(3)39-27)43(22)29(44)46-5-2)41-28-38-17-26(42-8-10-45-11-9-42)23(40-28)14-19-12-20(30(32,33)34)15-21(13-19)31(35,36)37/h6-7,12-13,15,17,22,24H,4-5,8-11,14,16H2,1-3H3,(H,38,40,41)/t22-,24+/m1/s1. The molecule has 3 aromatic rings. The summed E-state index contributed by atoms with van der Waals surface area (Å²) in [6.07, 6.45) is -8.22. The number of nitrogens with one attached hydrogen (secondary N) is 1. The summed E-state index contributed by atoms with van der Waals surface area (Å²) in [5.41, 5.74) is -0.417. The molecule has 0 spiro atoms. The molecule has 2 aliphatic heterocycles. The van der Waals surface area contributed by atoms with Gasteiger partial charge in [0.05, 0.1) is 65.9 Å². The average Bonchev–Trinajstić information content (AvgIpc) is 3.00. The maximum absolute atomic E-state index is 13.6. The largest absolute Gasteiger partial charge is 0.449 e. The molecule has 1 amide bonds. The Balaban J connectivity index is 1.54. The highest BCUT2D eigenvalue weighted by Crippen LogP contribution is 2.40. The maximum atomic E-state index is 13.6. The van der Waals surface area contributed by atoms with E-state index in [9.17, 15) is 31.1 Å². The topological polar surface area (TPSA) is 92.7 Å². The molecular weight excluding hydrogens is 618 g/mol. The lowest BCUT2D eigenvalue weighted by molar-refractivity contribution is -0.143. The van der Waals surface area contributed by atoms with Crippen molar-refractivity contribution >= 4 is 23.4 Å². The van der Waals surface area contributed by atoms with E-state index in [1.165, 1.54) is 6.20 Å². The van der Waals surface area contributed by atoms with Gasteiger partial charge in [0.25, 0.3) is 0 Å². The quantitative estimate of drug-likeness (QED) is 0.275. The second-order valence-corrected chi connectivity index (χ2v) is 11.1. The van der Waals surface area contributed by atoms with E-state index in [1.54, 1.807) is 24.0 Å². The minimum Gasteiger partial charge on any atom is -0.449 e. The molecule has 248 valence electrons. The predicted octanol–water partition coefficient (Wildman–Crippen LogP) is 6.94. The van der Waals surface area contributed by atoms with E-state index in [1.807, 2.05) is 18.7 Å². The first-order valence-electron chi connectivity index (χ1n) is 15.0. The van der Waals surface area contributed by atoms with Gasteiger partial charge in [-0.25, -0.2) is 14.8 Å². The number of amides is 1. The molecule has 1 fully saturated rings. The number of fused-ring (bicyclic) bond motifs is 1. The van der Waals surface area contributed by atoms with Crippen molar-refractivity contribution in [2.75, 3.05) is 48.0 Å². The summed E-state index contributed by atoms with van der Waals surface area (Å²) < 4.78 is 92.6. The Kier molecular flexibility index (Phi) is 9.61. The van der Waals surface area contributed by atoms with Crippen LogP contribution in [0, 0.1) is 6.92 Å². The fourth-order valence-electron chi connectivity index (χ4n) is 5.78. The number of morpholine rings is 1. The predicted molar refractivity (Wildman–Crippen MR) is 158 cm³/mol. The van der Waals surface area contributed by atoms with Gasteiger partial charge in [0, 0.05) is 31.2 Å². The first-order valence-corrected chi connectivity index (χ1v) is 15.0. The van der Waals surface area contributed by atoms with Crippen molar-refractivity contribution in [1.29, 1.82) is 0 Å². The number of anilines is 3. The number of carbonyl (C=O) groups is 1. The summed E-state index contributed by atoms with van der Waals surface area (Å²) in [6, 6.07) is 4.41. The number of halogens is 6. The minimum absolute atomic E-state index is 0.110. The molecule has 9 nitrogen and oxygen atoms in total. The van der Waals surface area contributed by atoms with Gasteiger partial charge >= 0.3 is 18.4 Å². The normalized spacial score (nSPS) is 18.7. The van der Waals surface area contributed by atoms with Crippen LogP contribution in [0.2, 0.25) is 0 Å². The molecule has 5 rings (SSSR count). The summed E-state index contributed by atoms with van der Waals surface area (Å²) in [4.78, 5) is 30.3. The lowest BCUT2D eigenvalue weighted by Gasteiger charge is -2.39. The van der Waals surface area contributed by atoms with Crippen LogP contribution in [0.4, 0.5) is 48.5 Å². The van der Waals surface area contributed by atoms with Crippen LogP contribution in [-0.4, -0.2) is 60.0 Å². The Morgan fingerprint density at radius 3 is 2.28 bits per heavy atom. The Hall–Kier alpha value is -4.14. The smallest absolute Gasteiger partial charge is 0.416 e. The summed E-state index contributed by atoms with van der Waals surface area (Å²) >= 11 is 0. The molecule has 0 unspecified atom stereocenters. The van der Waals surface area contributed by atoms with Gasteiger partial charge in [-0.15, -0.1) is 0 Å². The van der Waals surface area contributed by atoms with Crippen molar-refractivity contribution in [3.05, 3.63) is 70.3 Å². The Bertz CT molecular complexity index is 1530. The molecule has 46 heavy (non-hydrogen) atoms. The van der Waals surface area contributed by atoms with E-state index < -0.39 is 35.6 Å². The van der Waals surface area contributed by atoms with E-state index in [4.69, 9.17) is 14.5 Å². The monoisotopic (exact) mass is 652 g/mol. The van der Waals surface area contributed by atoms with Crippen LogP contribution in [0.3, 0.4) is 0 Å². The minimum atomic E-state index is -4.98. The van der Waals surface area contributed by atoms with Crippen molar-refractivity contribution in [2.24, 2.45) is 0 Å². The first kappa shape index (κ1) is 33.2. The lowest BCUT2D eigenvalue weighted by Crippen LogP contribution is -2.46. The molecule has 2 aliphatic rings. The molecule has 1 N–H and O–H groups in total. The van der Waals surface area contributed by atoms with Crippen molar-refractivity contribution < 1.29 is 40.6 Å². The summed E-state index contributed by atoms with van der Waals surface area (Å²) in [7, 11) is 0. The Labute approximate surface area is 261 Å². The molecular formula is C31H34F6N6O3. The van der Waals surface area contributed by atoms with E-state index >= 15 is 0 Å². The van der Waals surface area contributed by atoms with Crippen molar-refractivity contribution in [2.45, 2.75) is 64.5 Å². The van der Waals surface area contributed by atoms with Crippen LogP contribution in [0.1, 0.15) is 66.5 Å². The van der Waals surface area contributed by atoms with Crippen molar-refractivity contribution in [3.63, 3.8) is 0 Å². The number of aryl methyl sites for hydroxylation is 1. The van der Waals surface area contributed by atoms with Gasteiger partial charge in [0.1, 0.15) is 0 Å². The van der Waals surface area contributed by atoms with Gasteiger partial charge in [0.2, 0.25) is 5.95 Å². The molecule has 2 atom stereocenters. The van der Waals surface area contributed by atoms with Crippen LogP contribution >= 0.6 is 0 Å². The third-order valence-electron chi connectivity index (χ3n) is 7.96. The number of carbonyl (C=O) groups excluding carboxylic acids is 1. The second kappa shape index (κ2) is 13.3. The molecule has 4 heterocycles. The van der Waals surface area contributed by atoms with E-state index in [0.717, 1.165) is 0 Å². The fourth-order valence-corrected chi connectivity index (χ4v) is 5.78. The van der Waals surface area contributed by atoms with E-state index in [-0.39, 0.29) is 42.3 Å². The molecule has 0 aliphatic carbocycles. The maximum Gasteiger partial charge on any atom is 0.416 e. The van der Waals surface area contributed by atoms with Crippen molar-refractivity contribution in [1.82, 2.24) is 15.0 Å². The number of hydrogen-bond acceptors (Lipinski definition) is 8. The van der Waals surface area contributed by atoms with E-state index in [2.05, 4.69) is 15.3 Å². The number of hydrogen-bond donors (Lipinski definition) is 1. The molecule has 1 aromatic carbocycles. The number of pyridine rings is 1.